The minimum absolute atomic E-state index is 0.0251. The van der Waals surface area contributed by atoms with Gasteiger partial charge in [-0.1, -0.05) is 23.7 Å². The quantitative estimate of drug-likeness (QED) is 0.318. The molecule has 1 saturated heterocycles. The lowest BCUT2D eigenvalue weighted by molar-refractivity contribution is -0.154. The molecule has 0 bridgehead atoms. The average Bonchev–Trinajstić information content (AvgIpc) is 3.48. The number of nitrogens with zero attached hydrogens (tertiary/aromatic N) is 3. The van der Waals surface area contributed by atoms with E-state index in [-0.39, 0.29) is 25.5 Å². The van der Waals surface area contributed by atoms with Crippen molar-refractivity contribution < 1.29 is 53.1 Å². The number of hydrogen-bond acceptors (Lipinski definition) is 7. The van der Waals surface area contributed by atoms with Gasteiger partial charge in [0.2, 0.25) is 5.91 Å². The minimum Gasteiger partial charge on any atom is -0.454 e. The molecule has 0 unspecified atom stereocenters. The van der Waals surface area contributed by atoms with Gasteiger partial charge in [-0.3, -0.25) is 4.79 Å². The first-order valence-electron chi connectivity index (χ1n) is 11.5. The van der Waals surface area contributed by atoms with E-state index in [1.807, 2.05) is 0 Å². The molecular formula is C23H17ClF8N4O4S2. The predicted molar refractivity (Wildman–Crippen MR) is 132 cm³/mol. The molecule has 42 heavy (non-hydrogen) atoms. The Morgan fingerprint density at radius 2 is 1.76 bits per heavy atom. The summed E-state index contributed by atoms with van der Waals surface area (Å²) in [6.45, 7) is -3.71. The van der Waals surface area contributed by atoms with Crippen LogP contribution in [0.15, 0.2) is 46.7 Å². The van der Waals surface area contributed by atoms with Crippen LogP contribution in [-0.4, -0.2) is 59.9 Å². The number of carbonyl (C=O) groups is 1. The van der Waals surface area contributed by atoms with Crippen molar-refractivity contribution >= 4 is 38.9 Å². The van der Waals surface area contributed by atoms with Crippen LogP contribution >= 0.6 is 22.9 Å². The van der Waals surface area contributed by atoms with Gasteiger partial charge in [-0.2, -0.15) is 40.6 Å². The molecule has 1 atom stereocenters. The van der Waals surface area contributed by atoms with Gasteiger partial charge in [-0.15, -0.1) is 11.3 Å². The van der Waals surface area contributed by atoms with Gasteiger partial charge in [0.15, 0.2) is 6.61 Å². The highest BCUT2D eigenvalue weighted by molar-refractivity contribution is 7.91. The van der Waals surface area contributed by atoms with Crippen LogP contribution in [0.4, 0.5) is 35.1 Å². The zero-order valence-electron chi connectivity index (χ0n) is 20.6. The summed E-state index contributed by atoms with van der Waals surface area (Å²) in [5.74, 6) is -4.72. The van der Waals surface area contributed by atoms with E-state index in [1.165, 1.54) is 6.07 Å². The highest BCUT2D eigenvalue weighted by atomic mass is 35.5. The number of sulfonamides is 1. The second kappa shape index (κ2) is 11.5. The Balaban J connectivity index is 1.58. The van der Waals surface area contributed by atoms with Gasteiger partial charge in [0.1, 0.15) is 10.3 Å². The molecule has 0 spiro atoms. The highest BCUT2D eigenvalue weighted by Crippen LogP contribution is 2.38. The van der Waals surface area contributed by atoms with E-state index in [9.17, 15) is 48.3 Å². The summed E-state index contributed by atoms with van der Waals surface area (Å²) in [6.07, 6.45) is -10.6. The Kier molecular flexibility index (Phi) is 8.74. The zero-order valence-corrected chi connectivity index (χ0v) is 23.0. The standard InChI is InChI=1S/C23H17ClF8N4O4S2/c24-17-5-6-18(41-17)42(38,39)36-10-21(25,26)8-16(36)19(37)33-9-14-7-15(35-20(34-14)40-11-22(27,28)29)12-1-3-13(4-2-12)23(30,31)32/h1-7,16H,8-11H2,(H,33,37)/t16-/m0/s1. The summed E-state index contributed by atoms with van der Waals surface area (Å²) >= 11 is 6.36. The molecule has 19 heteroatoms. The average molecular weight is 665 g/mol. The summed E-state index contributed by atoms with van der Waals surface area (Å²) in [4.78, 5) is 20.4. The maximum atomic E-state index is 14.3. The molecule has 1 N–H and O–H groups in total. The Hall–Kier alpha value is -3.09. The fourth-order valence-electron chi connectivity index (χ4n) is 3.86. The van der Waals surface area contributed by atoms with Gasteiger partial charge in [-0.05, 0) is 30.3 Å². The van der Waals surface area contributed by atoms with Crippen molar-refractivity contribution in [1.82, 2.24) is 19.6 Å². The Labute approximate surface area is 241 Å². The first kappa shape index (κ1) is 31.8. The number of ether oxygens (including phenoxy) is 1. The molecule has 3 aromatic rings. The van der Waals surface area contributed by atoms with E-state index in [0.717, 1.165) is 24.3 Å². The van der Waals surface area contributed by atoms with Crippen molar-refractivity contribution in [2.45, 2.75) is 41.5 Å². The molecule has 228 valence electrons. The molecule has 0 aliphatic carbocycles. The summed E-state index contributed by atoms with van der Waals surface area (Å²) < 4.78 is 136. The molecule has 0 radical (unpaired) electrons. The van der Waals surface area contributed by atoms with Crippen LogP contribution in [0, 0.1) is 0 Å². The van der Waals surface area contributed by atoms with Crippen LogP contribution in [0.3, 0.4) is 0 Å². The van der Waals surface area contributed by atoms with Crippen LogP contribution in [0.2, 0.25) is 4.34 Å². The highest BCUT2D eigenvalue weighted by Gasteiger charge is 2.53. The Morgan fingerprint density at radius 1 is 1.10 bits per heavy atom. The second-order valence-electron chi connectivity index (χ2n) is 8.91. The van der Waals surface area contributed by atoms with E-state index in [0.29, 0.717) is 27.8 Å². The first-order chi connectivity index (χ1) is 19.3. The van der Waals surface area contributed by atoms with Crippen molar-refractivity contribution in [2.24, 2.45) is 0 Å². The summed E-state index contributed by atoms with van der Waals surface area (Å²) in [6, 6.07) is 4.20. The molecule has 8 nitrogen and oxygen atoms in total. The number of carbonyl (C=O) groups excluding carboxylic acids is 1. The van der Waals surface area contributed by atoms with Crippen molar-refractivity contribution in [3.05, 3.63) is 58.1 Å². The van der Waals surface area contributed by atoms with Crippen molar-refractivity contribution in [2.75, 3.05) is 13.2 Å². The van der Waals surface area contributed by atoms with Gasteiger partial charge in [0.25, 0.3) is 15.9 Å². The van der Waals surface area contributed by atoms with E-state index in [4.69, 9.17) is 11.6 Å². The second-order valence-corrected chi connectivity index (χ2v) is 12.7. The van der Waals surface area contributed by atoms with E-state index < -0.39 is 77.9 Å². The Bertz CT molecular complexity index is 1560. The van der Waals surface area contributed by atoms with Crippen molar-refractivity contribution in [3.63, 3.8) is 0 Å². The normalized spacial score (nSPS) is 17.8. The minimum atomic E-state index is -4.79. The third kappa shape index (κ3) is 7.64. The third-order valence-corrected chi connectivity index (χ3v) is 9.27. The van der Waals surface area contributed by atoms with E-state index in [2.05, 4.69) is 20.0 Å². The maximum Gasteiger partial charge on any atom is 0.422 e. The number of thiophene rings is 1. The SMILES string of the molecule is O=C(NCc1cc(-c2ccc(C(F)(F)F)cc2)nc(OCC(F)(F)F)n1)[C@@H]1CC(F)(F)CN1S(=O)(=O)c1ccc(Cl)s1. The number of hydrogen-bond donors (Lipinski definition) is 1. The predicted octanol–water partition coefficient (Wildman–Crippen LogP) is 5.53. The van der Waals surface area contributed by atoms with Crippen LogP contribution in [0.5, 0.6) is 6.01 Å². The molecule has 1 amide bonds. The molecule has 4 rings (SSSR count). The number of benzene rings is 1. The van der Waals surface area contributed by atoms with Crippen LogP contribution < -0.4 is 10.1 Å². The third-order valence-electron chi connectivity index (χ3n) is 5.72. The van der Waals surface area contributed by atoms with E-state index in [1.54, 1.807) is 0 Å². The largest absolute Gasteiger partial charge is 0.454 e. The number of nitrogens with one attached hydrogen (secondary N) is 1. The van der Waals surface area contributed by atoms with E-state index >= 15 is 0 Å². The molecule has 0 saturated carbocycles. The Morgan fingerprint density at radius 3 is 2.33 bits per heavy atom. The molecule has 3 heterocycles. The van der Waals surface area contributed by atoms with Gasteiger partial charge >= 0.3 is 18.4 Å². The summed E-state index contributed by atoms with van der Waals surface area (Å²) in [7, 11) is -4.56. The van der Waals surface area contributed by atoms with Crippen LogP contribution in [0.25, 0.3) is 11.3 Å². The molecule has 1 aliphatic heterocycles. The lowest BCUT2D eigenvalue weighted by Gasteiger charge is -2.22. The van der Waals surface area contributed by atoms with Crippen LogP contribution in [-0.2, 0) is 27.5 Å². The molecular weight excluding hydrogens is 648 g/mol. The zero-order chi connectivity index (χ0) is 31.1. The number of amides is 1. The smallest absolute Gasteiger partial charge is 0.422 e. The van der Waals surface area contributed by atoms with Gasteiger partial charge in [0.05, 0.1) is 34.4 Å². The maximum absolute atomic E-state index is 14.3. The van der Waals surface area contributed by atoms with Crippen molar-refractivity contribution in [3.8, 4) is 17.3 Å². The van der Waals surface area contributed by atoms with Gasteiger partial charge in [0, 0.05) is 12.0 Å². The molecule has 1 fully saturated rings. The number of halogens is 9. The molecule has 2 aromatic heterocycles. The van der Waals surface area contributed by atoms with Gasteiger partial charge < -0.3 is 10.1 Å². The molecule has 1 aliphatic rings. The van der Waals surface area contributed by atoms with Crippen LogP contribution in [0.1, 0.15) is 17.7 Å². The fraction of sp³-hybridized carbons (Fsp3) is 0.348. The number of rotatable bonds is 8. The number of alkyl halides is 8. The topological polar surface area (TPSA) is 101 Å². The van der Waals surface area contributed by atoms with Gasteiger partial charge in [-0.25, -0.2) is 17.2 Å². The lowest BCUT2D eigenvalue weighted by atomic mass is 10.1. The first-order valence-corrected chi connectivity index (χ1v) is 14.2. The summed E-state index contributed by atoms with van der Waals surface area (Å²) in [5, 5.41) is 2.23. The lowest BCUT2D eigenvalue weighted by Crippen LogP contribution is -2.45. The number of aromatic nitrogens is 2. The van der Waals surface area contributed by atoms with Crippen molar-refractivity contribution in [1.29, 1.82) is 0 Å². The molecule has 1 aromatic carbocycles. The summed E-state index contributed by atoms with van der Waals surface area (Å²) in [5.41, 5.74) is -1.36. The monoisotopic (exact) mass is 664 g/mol. The fourth-order valence-corrected chi connectivity index (χ4v) is 7.09.